The van der Waals surface area contributed by atoms with E-state index in [-0.39, 0.29) is 0 Å². The van der Waals surface area contributed by atoms with Gasteiger partial charge in [0.15, 0.2) is 0 Å². The van der Waals surface area contributed by atoms with Crippen molar-refractivity contribution in [3.63, 3.8) is 0 Å². The summed E-state index contributed by atoms with van der Waals surface area (Å²) in [6.07, 6.45) is 4.03. The predicted molar refractivity (Wildman–Crippen MR) is 71.0 cm³/mol. The van der Waals surface area contributed by atoms with Crippen LogP contribution in [0.25, 0.3) is 0 Å². The van der Waals surface area contributed by atoms with Gasteiger partial charge >= 0.3 is 0 Å². The molecule has 0 aliphatic carbocycles. The Kier molecular flexibility index (Phi) is 4.38. The molecule has 1 aliphatic heterocycles. The molecule has 1 aromatic rings. The van der Waals surface area contributed by atoms with E-state index < -0.39 is 0 Å². The standard InChI is InChI=1S/C13H22N2S/c1-2-15-8-4-3-6-12(15)11(10-14)13-7-5-9-16-13/h5,7,9,11-12H,2-4,6,8,10,14H2,1H3. The van der Waals surface area contributed by atoms with Gasteiger partial charge in [-0.2, -0.15) is 0 Å². The SMILES string of the molecule is CCN1CCCCC1C(CN)c1cccs1. The van der Waals surface area contributed by atoms with E-state index in [1.54, 1.807) is 0 Å². The lowest BCUT2D eigenvalue weighted by molar-refractivity contribution is 0.135. The van der Waals surface area contributed by atoms with Crippen LogP contribution >= 0.6 is 11.3 Å². The van der Waals surface area contributed by atoms with E-state index in [9.17, 15) is 0 Å². The van der Waals surface area contributed by atoms with Gasteiger partial charge in [0.25, 0.3) is 0 Å². The molecule has 2 nitrogen and oxygen atoms in total. The molecule has 3 heteroatoms. The van der Waals surface area contributed by atoms with Crippen molar-refractivity contribution in [2.24, 2.45) is 5.73 Å². The van der Waals surface area contributed by atoms with E-state index in [1.807, 2.05) is 11.3 Å². The van der Waals surface area contributed by atoms with Gasteiger partial charge in [-0.1, -0.05) is 19.4 Å². The highest BCUT2D eigenvalue weighted by atomic mass is 32.1. The Bertz CT molecular complexity index is 297. The van der Waals surface area contributed by atoms with Crippen molar-refractivity contribution in [2.45, 2.75) is 38.1 Å². The van der Waals surface area contributed by atoms with Crippen molar-refractivity contribution in [1.82, 2.24) is 4.90 Å². The maximum Gasteiger partial charge on any atom is 0.0211 e. The Hall–Kier alpha value is -0.380. The third kappa shape index (κ3) is 2.47. The van der Waals surface area contributed by atoms with Gasteiger partial charge in [-0.3, -0.25) is 4.90 Å². The quantitative estimate of drug-likeness (QED) is 0.874. The molecule has 2 rings (SSSR count). The second kappa shape index (κ2) is 5.80. The summed E-state index contributed by atoms with van der Waals surface area (Å²) in [6, 6.07) is 5.05. The van der Waals surface area contributed by atoms with Gasteiger partial charge in [0.05, 0.1) is 0 Å². The Morgan fingerprint density at radius 1 is 1.56 bits per heavy atom. The average Bonchev–Trinajstić information content (AvgIpc) is 2.84. The number of nitrogens with two attached hydrogens (primary N) is 1. The number of thiophene rings is 1. The molecule has 0 radical (unpaired) electrons. The van der Waals surface area contributed by atoms with Crippen LogP contribution in [0.3, 0.4) is 0 Å². The number of hydrogen-bond acceptors (Lipinski definition) is 3. The molecule has 0 saturated carbocycles. The van der Waals surface area contributed by atoms with Crippen LogP contribution in [0, 0.1) is 0 Å². The molecule has 1 fully saturated rings. The summed E-state index contributed by atoms with van der Waals surface area (Å²) >= 11 is 1.86. The average molecular weight is 238 g/mol. The van der Waals surface area contributed by atoms with Crippen LogP contribution in [-0.2, 0) is 0 Å². The summed E-state index contributed by atoms with van der Waals surface area (Å²) in [6.45, 7) is 5.46. The van der Waals surface area contributed by atoms with E-state index in [2.05, 4.69) is 29.3 Å². The highest BCUT2D eigenvalue weighted by Gasteiger charge is 2.29. The van der Waals surface area contributed by atoms with Gasteiger partial charge in [0, 0.05) is 23.4 Å². The van der Waals surface area contributed by atoms with Crippen LogP contribution in [0.5, 0.6) is 0 Å². The zero-order chi connectivity index (χ0) is 11.4. The molecule has 0 spiro atoms. The molecule has 90 valence electrons. The number of likely N-dealkylation sites (tertiary alicyclic amines) is 1. The molecule has 2 N–H and O–H groups in total. The summed E-state index contributed by atoms with van der Waals surface area (Å²) in [4.78, 5) is 4.08. The number of likely N-dealkylation sites (N-methyl/N-ethyl adjacent to an activating group) is 1. The maximum absolute atomic E-state index is 5.99. The topological polar surface area (TPSA) is 29.3 Å². The molecule has 0 amide bonds. The summed E-state index contributed by atoms with van der Waals surface area (Å²) < 4.78 is 0. The van der Waals surface area contributed by atoms with Crippen LogP contribution in [-0.4, -0.2) is 30.6 Å². The third-order valence-electron chi connectivity index (χ3n) is 3.70. The molecule has 1 saturated heterocycles. The van der Waals surface area contributed by atoms with Crippen molar-refractivity contribution in [2.75, 3.05) is 19.6 Å². The predicted octanol–water partition coefficient (Wildman–Crippen LogP) is 2.66. The zero-order valence-corrected chi connectivity index (χ0v) is 10.9. The molecular weight excluding hydrogens is 216 g/mol. The lowest BCUT2D eigenvalue weighted by Crippen LogP contribution is -2.44. The van der Waals surface area contributed by atoms with Crippen LogP contribution in [0.2, 0.25) is 0 Å². The van der Waals surface area contributed by atoms with Crippen LogP contribution in [0.4, 0.5) is 0 Å². The molecule has 2 unspecified atom stereocenters. The number of rotatable bonds is 4. The van der Waals surface area contributed by atoms with Crippen molar-refractivity contribution in [1.29, 1.82) is 0 Å². The van der Waals surface area contributed by atoms with Gasteiger partial charge in [-0.15, -0.1) is 11.3 Å². The fourth-order valence-electron chi connectivity index (χ4n) is 2.83. The maximum atomic E-state index is 5.99. The largest absolute Gasteiger partial charge is 0.330 e. The van der Waals surface area contributed by atoms with Gasteiger partial charge < -0.3 is 5.73 Å². The zero-order valence-electron chi connectivity index (χ0n) is 10.1. The van der Waals surface area contributed by atoms with E-state index in [4.69, 9.17) is 5.73 Å². The number of nitrogens with zero attached hydrogens (tertiary/aromatic N) is 1. The Morgan fingerprint density at radius 3 is 3.06 bits per heavy atom. The van der Waals surface area contributed by atoms with Crippen molar-refractivity contribution in [3.05, 3.63) is 22.4 Å². The monoisotopic (exact) mass is 238 g/mol. The molecule has 1 aromatic heterocycles. The fraction of sp³-hybridized carbons (Fsp3) is 0.692. The molecular formula is C13H22N2S. The summed E-state index contributed by atoms with van der Waals surface area (Å²) in [5, 5.41) is 2.16. The van der Waals surface area contributed by atoms with E-state index in [1.165, 1.54) is 30.7 Å². The number of piperidine rings is 1. The minimum atomic E-state index is 0.542. The van der Waals surface area contributed by atoms with Gasteiger partial charge in [-0.25, -0.2) is 0 Å². The van der Waals surface area contributed by atoms with E-state index in [0.29, 0.717) is 12.0 Å². The minimum absolute atomic E-state index is 0.542. The molecule has 2 atom stereocenters. The molecule has 16 heavy (non-hydrogen) atoms. The summed E-state index contributed by atoms with van der Waals surface area (Å²) in [7, 11) is 0. The summed E-state index contributed by atoms with van der Waals surface area (Å²) in [5.74, 6) is 0.542. The van der Waals surface area contributed by atoms with Crippen LogP contribution < -0.4 is 5.73 Å². The lowest BCUT2D eigenvalue weighted by Gasteiger charge is -2.39. The lowest BCUT2D eigenvalue weighted by atomic mass is 9.89. The molecule has 1 aliphatic rings. The first kappa shape index (κ1) is 12.1. The van der Waals surface area contributed by atoms with Crippen molar-refractivity contribution < 1.29 is 0 Å². The summed E-state index contributed by atoms with van der Waals surface area (Å²) in [5.41, 5.74) is 5.99. The Morgan fingerprint density at radius 2 is 2.44 bits per heavy atom. The second-order valence-electron chi connectivity index (χ2n) is 4.55. The van der Waals surface area contributed by atoms with Gasteiger partial charge in [0.2, 0.25) is 0 Å². The van der Waals surface area contributed by atoms with Gasteiger partial charge in [0.1, 0.15) is 0 Å². The number of hydrogen-bond donors (Lipinski definition) is 1. The van der Waals surface area contributed by atoms with Crippen molar-refractivity contribution in [3.8, 4) is 0 Å². The minimum Gasteiger partial charge on any atom is -0.330 e. The van der Waals surface area contributed by atoms with Crippen LogP contribution in [0.15, 0.2) is 17.5 Å². The van der Waals surface area contributed by atoms with E-state index in [0.717, 1.165) is 13.1 Å². The first-order valence-electron chi connectivity index (χ1n) is 6.34. The highest BCUT2D eigenvalue weighted by Crippen LogP contribution is 2.31. The fourth-order valence-corrected chi connectivity index (χ4v) is 3.73. The molecule has 0 bridgehead atoms. The van der Waals surface area contributed by atoms with Crippen molar-refractivity contribution >= 4 is 11.3 Å². The van der Waals surface area contributed by atoms with Crippen LogP contribution in [0.1, 0.15) is 37.0 Å². The Balaban J connectivity index is 2.13. The smallest absolute Gasteiger partial charge is 0.0211 e. The van der Waals surface area contributed by atoms with E-state index >= 15 is 0 Å². The second-order valence-corrected chi connectivity index (χ2v) is 5.53. The highest BCUT2D eigenvalue weighted by molar-refractivity contribution is 7.10. The third-order valence-corrected chi connectivity index (χ3v) is 4.70. The first-order chi connectivity index (χ1) is 7.86. The molecule has 0 aromatic carbocycles. The Labute approximate surface area is 102 Å². The molecule has 2 heterocycles. The normalized spacial score (nSPS) is 24.5. The first-order valence-corrected chi connectivity index (χ1v) is 7.22. The van der Waals surface area contributed by atoms with Gasteiger partial charge in [-0.05, 0) is 37.4 Å².